The maximum atomic E-state index is 2.63. The summed E-state index contributed by atoms with van der Waals surface area (Å²) in [6.07, 6.45) is 31.5. The van der Waals surface area contributed by atoms with Crippen molar-refractivity contribution in [2.75, 3.05) is 0 Å². The predicted octanol–water partition coefficient (Wildman–Crippen LogP) is 11.3. The van der Waals surface area contributed by atoms with Crippen LogP contribution in [0.2, 0.25) is 0 Å². The Hall–Kier alpha value is 0. The van der Waals surface area contributed by atoms with E-state index in [4.69, 9.17) is 0 Å². The molecule has 11 atom stereocenters. The van der Waals surface area contributed by atoms with Crippen molar-refractivity contribution < 1.29 is 0 Å². The number of rotatable bonds is 6. The van der Waals surface area contributed by atoms with E-state index in [0.717, 1.165) is 71.0 Å². The van der Waals surface area contributed by atoms with Gasteiger partial charge in [0.15, 0.2) is 0 Å². The largest absolute Gasteiger partial charge is 0.0683 e. The summed E-state index contributed by atoms with van der Waals surface area (Å²) in [7, 11) is 0. The van der Waals surface area contributed by atoms with Gasteiger partial charge in [-0.1, -0.05) is 105 Å². The quantitative estimate of drug-likeness (QED) is 0.343. The van der Waals surface area contributed by atoms with Gasteiger partial charge in [0.05, 0.1) is 0 Å². The van der Waals surface area contributed by atoms with E-state index in [1.807, 2.05) is 13.8 Å². The fourth-order valence-electron chi connectivity index (χ4n) is 12.3. The van der Waals surface area contributed by atoms with Gasteiger partial charge in [0, 0.05) is 0 Å². The van der Waals surface area contributed by atoms with Gasteiger partial charge in [-0.05, 0) is 122 Å². The summed E-state index contributed by atoms with van der Waals surface area (Å²) >= 11 is 0. The molecule has 6 saturated carbocycles. The third kappa shape index (κ3) is 5.51. The van der Waals surface area contributed by atoms with Crippen molar-refractivity contribution in [1.82, 2.24) is 0 Å². The Morgan fingerprint density at radius 2 is 1.22 bits per heavy atom. The molecule has 0 amide bonds. The Balaban J connectivity index is 0.00000130. The molecule has 0 nitrogen and oxygen atoms in total. The van der Waals surface area contributed by atoms with Crippen molar-refractivity contribution in [3.05, 3.63) is 0 Å². The standard InChI is InChI=1S/C34H58.C2H6/c1-3-10-26(22-24-11-5-4-6-12-24)33-28-14-7-8-15-29(28)34(32-21-23(2)17-19-31(32)33)30-20-18-25-13-9-16-27(25)30;1-2/h23-34H,3-22H2,1-2H3;1-2H3. The van der Waals surface area contributed by atoms with E-state index in [1.165, 1.54) is 25.7 Å². The molecule has 0 saturated heterocycles. The van der Waals surface area contributed by atoms with E-state index < -0.39 is 0 Å². The van der Waals surface area contributed by atoms with E-state index in [9.17, 15) is 0 Å². The maximum Gasteiger partial charge on any atom is -0.0321 e. The van der Waals surface area contributed by atoms with E-state index in [0.29, 0.717) is 0 Å². The molecule has 0 radical (unpaired) electrons. The predicted molar refractivity (Wildman–Crippen MR) is 157 cm³/mol. The van der Waals surface area contributed by atoms with Crippen molar-refractivity contribution in [2.45, 2.75) is 156 Å². The zero-order valence-electron chi connectivity index (χ0n) is 25.1. The van der Waals surface area contributed by atoms with Crippen LogP contribution in [0, 0.1) is 71.0 Å². The average Bonchev–Trinajstić information content (AvgIpc) is 3.54. The van der Waals surface area contributed by atoms with Gasteiger partial charge in [0.1, 0.15) is 0 Å². The molecule has 0 aromatic carbocycles. The second-order valence-electron chi connectivity index (χ2n) is 14.9. The monoisotopic (exact) mass is 497 g/mol. The molecule has 0 aromatic heterocycles. The first-order chi connectivity index (χ1) is 17.7. The zero-order valence-corrected chi connectivity index (χ0v) is 25.1. The molecule has 6 aliphatic rings. The van der Waals surface area contributed by atoms with Crippen LogP contribution in [0.4, 0.5) is 0 Å². The van der Waals surface area contributed by atoms with E-state index in [1.54, 1.807) is 103 Å². The summed E-state index contributed by atoms with van der Waals surface area (Å²) in [5.74, 6) is 13.3. The molecule has 0 N–H and O–H groups in total. The Labute approximate surface area is 226 Å². The SMILES string of the molecule is CC.CCCC(CC1CCCCC1)C1C2CCCCC2C(C2CCC3CCCC32)C2CC(C)CCC21. The lowest BCUT2D eigenvalue weighted by molar-refractivity contribution is -0.119. The molecule has 6 rings (SSSR count). The first-order valence-corrected chi connectivity index (χ1v) is 17.7. The lowest BCUT2D eigenvalue weighted by atomic mass is 9.45. The van der Waals surface area contributed by atoms with E-state index >= 15 is 0 Å². The molecular formula is C36H64. The highest BCUT2D eigenvalue weighted by atomic mass is 14.6. The average molecular weight is 497 g/mol. The Kier molecular flexibility index (Phi) is 9.88. The van der Waals surface area contributed by atoms with Crippen LogP contribution in [-0.2, 0) is 0 Å². The molecule has 0 heteroatoms. The van der Waals surface area contributed by atoms with Crippen LogP contribution in [0.1, 0.15) is 156 Å². The van der Waals surface area contributed by atoms with Crippen LogP contribution in [0.25, 0.3) is 0 Å². The van der Waals surface area contributed by atoms with Crippen molar-refractivity contribution in [2.24, 2.45) is 71.0 Å². The number of hydrogen-bond acceptors (Lipinski definition) is 0. The minimum atomic E-state index is 1.01. The minimum absolute atomic E-state index is 1.01. The summed E-state index contributed by atoms with van der Waals surface area (Å²) in [4.78, 5) is 0. The molecule has 11 unspecified atom stereocenters. The van der Waals surface area contributed by atoms with Gasteiger partial charge < -0.3 is 0 Å². The van der Waals surface area contributed by atoms with Crippen molar-refractivity contribution in [3.8, 4) is 0 Å². The minimum Gasteiger partial charge on any atom is -0.0683 e. The van der Waals surface area contributed by atoms with Crippen molar-refractivity contribution >= 4 is 0 Å². The first kappa shape index (κ1) is 27.6. The highest BCUT2D eigenvalue weighted by Gasteiger charge is 2.57. The van der Waals surface area contributed by atoms with Gasteiger partial charge in [-0.2, -0.15) is 0 Å². The molecule has 36 heavy (non-hydrogen) atoms. The van der Waals surface area contributed by atoms with Gasteiger partial charge in [-0.3, -0.25) is 0 Å². The van der Waals surface area contributed by atoms with Crippen LogP contribution >= 0.6 is 0 Å². The summed E-state index contributed by atoms with van der Waals surface area (Å²) in [6.45, 7) is 9.14. The second-order valence-corrected chi connectivity index (χ2v) is 14.9. The normalized spacial score (nSPS) is 45.7. The number of fused-ring (bicyclic) bond motifs is 3. The molecule has 0 spiro atoms. The number of hydrogen-bond donors (Lipinski definition) is 0. The van der Waals surface area contributed by atoms with Crippen LogP contribution < -0.4 is 0 Å². The summed E-state index contributed by atoms with van der Waals surface area (Å²) in [5, 5.41) is 0. The van der Waals surface area contributed by atoms with Gasteiger partial charge in [-0.25, -0.2) is 0 Å². The molecule has 208 valence electrons. The molecule has 6 fully saturated rings. The maximum absolute atomic E-state index is 2.63. The van der Waals surface area contributed by atoms with E-state index in [2.05, 4.69) is 13.8 Å². The van der Waals surface area contributed by atoms with Gasteiger partial charge >= 0.3 is 0 Å². The van der Waals surface area contributed by atoms with Gasteiger partial charge in [0.25, 0.3) is 0 Å². The molecular weight excluding hydrogens is 432 g/mol. The fourth-order valence-corrected chi connectivity index (χ4v) is 12.3. The zero-order chi connectivity index (χ0) is 25.1. The summed E-state index contributed by atoms with van der Waals surface area (Å²) in [5.41, 5.74) is 0. The first-order valence-electron chi connectivity index (χ1n) is 17.7. The highest BCUT2D eigenvalue weighted by molar-refractivity contribution is 5.06. The second kappa shape index (κ2) is 12.9. The smallest absolute Gasteiger partial charge is 0.0321 e. The van der Waals surface area contributed by atoms with Gasteiger partial charge in [0.2, 0.25) is 0 Å². The van der Waals surface area contributed by atoms with Crippen molar-refractivity contribution in [1.29, 1.82) is 0 Å². The highest BCUT2D eigenvalue weighted by Crippen LogP contribution is 2.65. The Morgan fingerprint density at radius 1 is 0.583 bits per heavy atom. The lowest BCUT2D eigenvalue weighted by Gasteiger charge is -2.60. The lowest BCUT2D eigenvalue weighted by Crippen LogP contribution is -2.54. The van der Waals surface area contributed by atoms with Gasteiger partial charge in [-0.15, -0.1) is 0 Å². The fraction of sp³-hybridized carbons (Fsp3) is 1.00. The topological polar surface area (TPSA) is 0 Å². The molecule has 0 aromatic rings. The van der Waals surface area contributed by atoms with Crippen LogP contribution in [0.5, 0.6) is 0 Å². The Morgan fingerprint density at radius 3 is 2.00 bits per heavy atom. The Bertz CT molecular complexity index is 644. The molecule has 0 bridgehead atoms. The van der Waals surface area contributed by atoms with Crippen LogP contribution in [0.15, 0.2) is 0 Å². The van der Waals surface area contributed by atoms with Crippen LogP contribution in [0.3, 0.4) is 0 Å². The summed E-state index contributed by atoms with van der Waals surface area (Å²) < 4.78 is 0. The van der Waals surface area contributed by atoms with E-state index in [-0.39, 0.29) is 0 Å². The molecule has 0 aliphatic heterocycles. The van der Waals surface area contributed by atoms with Crippen molar-refractivity contribution in [3.63, 3.8) is 0 Å². The third-order valence-electron chi connectivity index (χ3n) is 13.3. The molecule has 6 aliphatic carbocycles. The summed E-state index contributed by atoms with van der Waals surface area (Å²) in [6, 6.07) is 0. The van der Waals surface area contributed by atoms with Crippen LogP contribution in [-0.4, -0.2) is 0 Å². The third-order valence-corrected chi connectivity index (χ3v) is 13.3. The molecule has 0 heterocycles.